The van der Waals surface area contributed by atoms with Crippen molar-refractivity contribution in [2.75, 3.05) is 26.2 Å². The molecule has 0 bridgehead atoms. The third-order valence-corrected chi connectivity index (χ3v) is 4.42. The van der Waals surface area contributed by atoms with Crippen LogP contribution < -0.4 is 21.7 Å². The second kappa shape index (κ2) is 11.8. The summed E-state index contributed by atoms with van der Waals surface area (Å²) in [6.45, 7) is 6.76. The number of rotatable bonds is 14. The van der Waals surface area contributed by atoms with Gasteiger partial charge in [0.2, 0.25) is 5.91 Å². The SMILES string of the molecule is CCC(C)[C@H](NC(=O)[C@H]1O[C@@H]1C(=O)O)C(=O)NCCCCNCCCN. The second-order valence-corrected chi connectivity index (χ2v) is 6.58. The number of carbonyl (C=O) groups is 3. The van der Waals surface area contributed by atoms with Crippen LogP contribution in [0.3, 0.4) is 0 Å². The first-order valence-corrected chi connectivity index (χ1v) is 9.29. The Morgan fingerprint density at radius 1 is 1.12 bits per heavy atom. The average Bonchev–Trinajstić information content (AvgIpc) is 3.42. The van der Waals surface area contributed by atoms with E-state index in [0.29, 0.717) is 19.5 Å². The summed E-state index contributed by atoms with van der Waals surface area (Å²) in [4.78, 5) is 35.2. The van der Waals surface area contributed by atoms with E-state index in [9.17, 15) is 14.4 Å². The Bertz CT molecular complexity index is 474. The number of carboxylic acid groups (broad SMARTS) is 1. The molecule has 0 saturated carbocycles. The molecule has 0 aromatic rings. The van der Waals surface area contributed by atoms with E-state index in [-0.39, 0.29) is 11.8 Å². The molecule has 1 aliphatic rings. The zero-order valence-electron chi connectivity index (χ0n) is 15.6. The summed E-state index contributed by atoms with van der Waals surface area (Å²) in [7, 11) is 0. The van der Waals surface area contributed by atoms with Gasteiger partial charge in [-0.05, 0) is 44.8 Å². The highest BCUT2D eigenvalue weighted by atomic mass is 16.6. The van der Waals surface area contributed by atoms with Gasteiger partial charge in [0.1, 0.15) is 6.04 Å². The first-order chi connectivity index (χ1) is 12.4. The molecular formula is C17H32N4O5. The minimum absolute atomic E-state index is 0.0705. The van der Waals surface area contributed by atoms with Gasteiger partial charge in [-0.1, -0.05) is 20.3 Å². The van der Waals surface area contributed by atoms with Crippen LogP contribution in [-0.4, -0.2) is 67.3 Å². The number of hydrogen-bond acceptors (Lipinski definition) is 6. The van der Waals surface area contributed by atoms with Crippen LogP contribution >= 0.6 is 0 Å². The van der Waals surface area contributed by atoms with Gasteiger partial charge in [-0.15, -0.1) is 0 Å². The fourth-order valence-electron chi connectivity index (χ4n) is 2.49. The summed E-state index contributed by atoms with van der Waals surface area (Å²) in [5, 5.41) is 17.5. The largest absolute Gasteiger partial charge is 0.479 e. The Hall–Kier alpha value is -1.71. The summed E-state index contributed by atoms with van der Waals surface area (Å²) in [6, 6.07) is -0.700. The first-order valence-electron chi connectivity index (χ1n) is 9.29. The van der Waals surface area contributed by atoms with Crippen molar-refractivity contribution in [3.8, 4) is 0 Å². The normalized spacial score (nSPS) is 20.9. The quantitative estimate of drug-likeness (QED) is 0.198. The molecule has 1 heterocycles. The van der Waals surface area contributed by atoms with Gasteiger partial charge in [0.15, 0.2) is 12.2 Å². The number of ether oxygens (including phenoxy) is 1. The maximum atomic E-state index is 12.4. The van der Waals surface area contributed by atoms with E-state index in [1.807, 2.05) is 13.8 Å². The summed E-state index contributed by atoms with van der Waals surface area (Å²) in [6.07, 6.45) is 1.29. The minimum Gasteiger partial charge on any atom is -0.479 e. The molecule has 1 saturated heterocycles. The number of unbranched alkanes of at least 4 members (excludes halogenated alkanes) is 1. The molecule has 26 heavy (non-hydrogen) atoms. The van der Waals surface area contributed by atoms with Crippen LogP contribution in [0.25, 0.3) is 0 Å². The van der Waals surface area contributed by atoms with Crippen molar-refractivity contribution in [2.24, 2.45) is 11.7 Å². The number of hydrogen-bond donors (Lipinski definition) is 5. The molecule has 0 aromatic heterocycles. The van der Waals surface area contributed by atoms with Gasteiger partial charge in [-0.3, -0.25) is 9.59 Å². The second-order valence-electron chi connectivity index (χ2n) is 6.58. The summed E-state index contributed by atoms with van der Waals surface area (Å²) in [5.41, 5.74) is 5.41. The van der Waals surface area contributed by atoms with Crippen LogP contribution in [0.1, 0.15) is 39.5 Å². The number of carboxylic acids is 1. The number of amides is 2. The highest BCUT2D eigenvalue weighted by Gasteiger charge is 2.51. The fraction of sp³-hybridized carbons (Fsp3) is 0.824. The lowest BCUT2D eigenvalue weighted by atomic mass is 9.98. The Labute approximate surface area is 154 Å². The molecule has 2 amide bonds. The van der Waals surface area contributed by atoms with Gasteiger partial charge in [-0.2, -0.15) is 0 Å². The van der Waals surface area contributed by atoms with E-state index in [4.69, 9.17) is 15.6 Å². The lowest BCUT2D eigenvalue weighted by molar-refractivity contribution is -0.138. The first kappa shape index (κ1) is 22.3. The van der Waals surface area contributed by atoms with E-state index in [1.54, 1.807) is 0 Å². The molecule has 6 N–H and O–H groups in total. The standard InChI is InChI=1S/C17H32N4O5/c1-3-11(2)12(21-16(23)13-14(26-13)17(24)25)15(22)20-10-5-4-8-19-9-6-7-18/h11-14,19H,3-10,18H2,1-2H3,(H,20,22)(H,21,23)(H,24,25)/t11?,12-,13-,14-/m0/s1. The van der Waals surface area contributed by atoms with Crippen molar-refractivity contribution in [3.05, 3.63) is 0 Å². The van der Waals surface area contributed by atoms with Crippen LogP contribution in [0, 0.1) is 5.92 Å². The molecule has 1 aliphatic heterocycles. The Morgan fingerprint density at radius 3 is 2.35 bits per heavy atom. The Balaban J connectivity index is 2.32. The molecule has 0 radical (unpaired) electrons. The zero-order valence-corrected chi connectivity index (χ0v) is 15.6. The molecule has 0 aliphatic carbocycles. The molecule has 4 atom stereocenters. The predicted octanol–water partition coefficient (Wildman–Crippen LogP) is -0.796. The average molecular weight is 372 g/mol. The van der Waals surface area contributed by atoms with E-state index < -0.39 is 30.1 Å². The minimum atomic E-state index is -1.17. The van der Waals surface area contributed by atoms with Crippen LogP contribution in [0.15, 0.2) is 0 Å². The monoisotopic (exact) mass is 372 g/mol. The molecule has 1 unspecified atom stereocenters. The maximum Gasteiger partial charge on any atom is 0.336 e. The van der Waals surface area contributed by atoms with Gasteiger partial charge in [-0.25, -0.2) is 4.79 Å². The van der Waals surface area contributed by atoms with Crippen LogP contribution in [0.5, 0.6) is 0 Å². The molecule has 0 aromatic carbocycles. The Morgan fingerprint density at radius 2 is 1.77 bits per heavy atom. The lowest BCUT2D eigenvalue weighted by Crippen LogP contribution is -2.51. The molecule has 1 rings (SSSR count). The van der Waals surface area contributed by atoms with E-state index in [2.05, 4.69) is 16.0 Å². The highest BCUT2D eigenvalue weighted by Crippen LogP contribution is 2.23. The van der Waals surface area contributed by atoms with E-state index in [1.165, 1.54) is 0 Å². The van der Waals surface area contributed by atoms with Crippen molar-refractivity contribution in [1.29, 1.82) is 0 Å². The van der Waals surface area contributed by atoms with Crippen LogP contribution in [0.2, 0.25) is 0 Å². The van der Waals surface area contributed by atoms with Gasteiger partial charge < -0.3 is 31.5 Å². The molecular weight excluding hydrogens is 340 g/mol. The maximum absolute atomic E-state index is 12.4. The molecule has 9 heteroatoms. The van der Waals surface area contributed by atoms with Crippen LogP contribution in [-0.2, 0) is 19.1 Å². The van der Waals surface area contributed by atoms with Gasteiger partial charge in [0.25, 0.3) is 5.91 Å². The van der Waals surface area contributed by atoms with Crippen molar-refractivity contribution >= 4 is 17.8 Å². The molecule has 1 fully saturated rings. The molecule has 0 spiro atoms. The number of nitrogens with one attached hydrogen (secondary N) is 3. The summed E-state index contributed by atoms with van der Waals surface area (Å²) < 4.78 is 4.83. The van der Waals surface area contributed by atoms with Gasteiger partial charge in [0.05, 0.1) is 0 Å². The van der Waals surface area contributed by atoms with Gasteiger partial charge >= 0.3 is 5.97 Å². The molecule has 150 valence electrons. The summed E-state index contributed by atoms with van der Waals surface area (Å²) in [5.74, 6) is -2.05. The number of aliphatic carboxylic acids is 1. The van der Waals surface area contributed by atoms with E-state index >= 15 is 0 Å². The van der Waals surface area contributed by atoms with Crippen molar-refractivity contribution in [1.82, 2.24) is 16.0 Å². The highest BCUT2D eigenvalue weighted by molar-refractivity contribution is 5.95. The van der Waals surface area contributed by atoms with Crippen LogP contribution in [0.4, 0.5) is 0 Å². The van der Waals surface area contributed by atoms with E-state index in [0.717, 1.165) is 32.4 Å². The number of nitrogens with two attached hydrogens (primary N) is 1. The predicted molar refractivity (Wildman–Crippen MR) is 96.5 cm³/mol. The third kappa shape index (κ3) is 7.67. The lowest BCUT2D eigenvalue weighted by Gasteiger charge is -2.23. The van der Waals surface area contributed by atoms with Crippen molar-refractivity contribution in [2.45, 2.75) is 57.8 Å². The topological polar surface area (TPSA) is 146 Å². The van der Waals surface area contributed by atoms with Gasteiger partial charge in [0, 0.05) is 6.54 Å². The Kier molecular flexibility index (Phi) is 10.2. The number of carbonyl (C=O) groups excluding carboxylic acids is 2. The smallest absolute Gasteiger partial charge is 0.336 e. The number of epoxide rings is 1. The zero-order chi connectivity index (χ0) is 19.5. The van der Waals surface area contributed by atoms with Crippen molar-refractivity contribution in [3.63, 3.8) is 0 Å². The summed E-state index contributed by atoms with van der Waals surface area (Å²) >= 11 is 0. The third-order valence-electron chi connectivity index (χ3n) is 4.42. The van der Waals surface area contributed by atoms with Crippen molar-refractivity contribution < 1.29 is 24.2 Å². The fourth-order valence-corrected chi connectivity index (χ4v) is 2.49. The molecule has 9 nitrogen and oxygen atoms in total.